The highest BCUT2D eigenvalue weighted by Gasteiger charge is 2.26. The number of hydrogen-bond acceptors (Lipinski definition) is 6. The van der Waals surface area contributed by atoms with Crippen LogP contribution < -0.4 is 14.4 Å². The van der Waals surface area contributed by atoms with Crippen molar-refractivity contribution in [3.05, 3.63) is 55.1 Å². The molecular formula is C24H25N5O2. The summed E-state index contributed by atoms with van der Waals surface area (Å²) in [5.41, 5.74) is 5.39. The third-order valence-electron chi connectivity index (χ3n) is 5.59. The average Bonchev–Trinajstić information content (AvgIpc) is 3.53. The summed E-state index contributed by atoms with van der Waals surface area (Å²) in [7, 11) is 5.30. The largest absolute Gasteiger partial charge is 0.497 e. The lowest BCUT2D eigenvalue weighted by molar-refractivity contribution is 0.394. The third-order valence-corrected chi connectivity index (χ3v) is 5.59. The molecule has 2 aromatic heterocycles. The van der Waals surface area contributed by atoms with Crippen LogP contribution in [0.15, 0.2) is 55.1 Å². The second-order valence-corrected chi connectivity index (χ2v) is 7.98. The number of nitrogens with zero attached hydrogens (tertiary/aromatic N) is 5. The molecule has 1 aliphatic carbocycles. The Balaban J connectivity index is 1.58. The van der Waals surface area contributed by atoms with Crippen molar-refractivity contribution >= 4 is 22.4 Å². The Kier molecular flexibility index (Phi) is 4.94. The molecule has 1 aliphatic rings. The van der Waals surface area contributed by atoms with E-state index in [9.17, 15) is 0 Å². The summed E-state index contributed by atoms with van der Waals surface area (Å²) >= 11 is 0. The van der Waals surface area contributed by atoms with Gasteiger partial charge < -0.3 is 18.9 Å². The first-order valence-electron chi connectivity index (χ1n) is 10.4. The first kappa shape index (κ1) is 19.4. The van der Waals surface area contributed by atoms with Gasteiger partial charge in [0.1, 0.15) is 22.9 Å². The number of ether oxygens (including phenoxy) is 2. The van der Waals surface area contributed by atoms with E-state index in [0.29, 0.717) is 5.92 Å². The molecule has 0 atom stereocenters. The van der Waals surface area contributed by atoms with Crippen molar-refractivity contribution < 1.29 is 9.47 Å². The van der Waals surface area contributed by atoms with E-state index in [2.05, 4.69) is 27.0 Å². The molecule has 2 heterocycles. The Hall–Kier alpha value is -3.61. The van der Waals surface area contributed by atoms with Crippen LogP contribution in [0, 0.1) is 5.92 Å². The van der Waals surface area contributed by atoms with E-state index in [4.69, 9.17) is 14.5 Å². The van der Waals surface area contributed by atoms with Gasteiger partial charge in [0.2, 0.25) is 0 Å². The Morgan fingerprint density at radius 2 is 1.71 bits per heavy atom. The quantitative estimate of drug-likeness (QED) is 0.440. The van der Waals surface area contributed by atoms with Gasteiger partial charge >= 0.3 is 0 Å². The summed E-state index contributed by atoms with van der Waals surface area (Å²) < 4.78 is 12.9. The van der Waals surface area contributed by atoms with E-state index in [-0.39, 0.29) is 0 Å². The fourth-order valence-corrected chi connectivity index (χ4v) is 3.70. The number of rotatable bonds is 7. The molecule has 0 unspecified atom stereocenters. The van der Waals surface area contributed by atoms with Crippen LogP contribution >= 0.6 is 0 Å². The maximum Gasteiger partial charge on any atom is 0.124 e. The molecule has 0 spiro atoms. The molecule has 5 rings (SSSR count). The van der Waals surface area contributed by atoms with E-state index >= 15 is 0 Å². The van der Waals surface area contributed by atoms with Crippen molar-refractivity contribution in [2.45, 2.75) is 12.8 Å². The zero-order valence-corrected chi connectivity index (χ0v) is 17.9. The Morgan fingerprint density at radius 3 is 2.35 bits per heavy atom. The maximum absolute atomic E-state index is 5.50. The van der Waals surface area contributed by atoms with Gasteiger partial charge in [0, 0.05) is 49.4 Å². The minimum Gasteiger partial charge on any atom is -0.497 e. The lowest BCUT2D eigenvalue weighted by atomic mass is 10.1. The van der Waals surface area contributed by atoms with Crippen LogP contribution in [0.1, 0.15) is 12.8 Å². The van der Waals surface area contributed by atoms with Crippen molar-refractivity contribution in [3.63, 3.8) is 0 Å². The molecule has 4 aromatic rings. The monoisotopic (exact) mass is 415 g/mol. The fourth-order valence-electron chi connectivity index (χ4n) is 3.70. The number of anilines is 2. The number of methoxy groups -OCH3 is 2. The number of fused-ring (bicyclic) bond motifs is 1. The summed E-state index contributed by atoms with van der Waals surface area (Å²) in [5.74, 6) is 2.24. The zero-order valence-electron chi connectivity index (χ0n) is 17.9. The minimum atomic E-state index is 0.693. The first-order chi connectivity index (χ1) is 15.1. The second-order valence-electron chi connectivity index (χ2n) is 7.98. The Bertz CT molecular complexity index is 1210. The van der Waals surface area contributed by atoms with Gasteiger partial charge in [-0.2, -0.15) is 0 Å². The second kappa shape index (κ2) is 7.91. The number of benzene rings is 2. The molecule has 0 bridgehead atoms. The van der Waals surface area contributed by atoms with Crippen LogP contribution in [-0.4, -0.2) is 40.3 Å². The highest BCUT2D eigenvalue weighted by atomic mass is 16.5. The first-order valence-corrected chi connectivity index (χ1v) is 10.4. The molecule has 0 radical (unpaired) electrons. The Morgan fingerprint density at radius 1 is 0.935 bits per heavy atom. The smallest absolute Gasteiger partial charge is 0.124 e. The zero-order chi connectivity index (χ0) is 21.4. The summed E-state index contributed by atoms with van der Waals surface area (Å²) in [6, 6.07) is 12.2. The Labute approximate surface area is 181 Å². The number of aromatic nitrogens is 4. The summed E-state index contributed by atoms with van der Waals surface area (Å²) in [6.45, 7) is 0.940. The molecule has 7 nitrogen and oxygen atoms in total. The highest BCUT2D eigenvalue weighted by Crippen LogP contribution is 2.38. The van der Waals surface area contributed by atoms with Crippen molar-refractivity contribution in [1.29, 1.82) is 0 Å². The van der Waals surface area contributed by atoms with Gasteiger partial charge in [0.15, 0.2) is 0 Å². The number of hydrogen-bond donors (Lipinski definition) is 0. The molecule has 7 heteroatoms. The standard InChI is InChI=1S/C24H25N5O2/c1-28-14-24(26-15-28)23-12-25-21-7-6-17(10-22(21)27-23)29(13-16-4-5-16)18-8-19(30-2)11-20(9-18)31-3/h6-12,14-16H,4-5,13H2,1-3H3. The van der Waals surface area contributed by atoms with E-state index in [0.717, 1.165) is 51.8 Å². The van der Waals surface area contributed by atoms with E-state index in [1.54, 1.807) is 26.7 Å². The normalized spacial score (nSPS) is 13.4. The molecule has 158 valence electrons. The third kappa shape index (κ3) is 4.03. The van der Waals surface area contributed by atoms with Gasteiger partial charge in [0.25, 0.3) is 0 Å². The molecule has 0 saturated heterocycles. The van der Waals surface area contributed by atoms with Crippen LogP contribution in [-0.2, 0) is 7.05 Å². The van der Waals surface area contributed by atoms with Crippen LogP contribution in [0.25, 0.3) is 22.4 Å². The van der Waals surface area contributed by atoms with Crippen LogP contribution in [0.3, 0.4) is 0 Å². The topological polar surface area (TPSA) is 65.3 Å². The van der Waals surface area contributed by atoms with Gasteiger partial charge in [-0.25, -0.2) is 9.97 Å². The van der Waals surface area contributed by atoms with E-state index in [1.165, 1.54) is 12.8 Å². The van der Waals surface area contributed by atoms with E-state index < -0.39 is 0 Å². The van der Waals surface area contributed by atoms with Crippen LogP contribution in [0.4, 0.5) is 11.4 Å². The van der Waals surface area contributed by atoms with Gasteiger partial charge in [-0.3, -0.25) is 4.98 Å². The summed E-state index contributed by atoms with van der Waals surface area (Å²) in [4.78, 5) is 16.2. The van der Waals surface area contributed by atoms with Crippen LogP contribution in [0.5, 0.6) is 11.5 Å². The average molecular weight is 415 g/mol. The lowest BCUT2D eigenvalue weighted by Gasteiger charge is -2.26. The molecule has 0 aliphatic heterocycles. The lowest BCUT2D eigenvalue weighted by Crippen LogP contribution is -2.20. The molecule has 0 N–H and O–H groups in total. The predicted molar refractivity (Wildman–Crippen MR) is 121 cm³/mol. The minimum absolute atomic E-state index is 0.693. The highest BCUT2D eigenvalue weighted by molar-refractivity contribution is 5.82. The van der Waals surface area contributed by atoms with Crippen molar-refractivity contribution in [1.82, 2.24) is 19.5 Å². The van der Waals surface area contributed by atoms with Crippen LogP contribution in [0.2, 0.25) is 0 Å². The molecule has 2 aromatic carbocycles. The SMILES string of the molecule is COc1cc(OC)cc(N(CC2CC2)c2ccc3ncc(-c4cn(C)cn4)nc3c2)c1. The number of aryl methyl sites for hydroxylation is 1. The molecule has 1 saturated carbocycles. The predicted octanol–water partition coefficient (Wildman–Crippen LogP) is 4.60. The maximum atomic E-state index is 5.50. The molecule has 0 amide bonds. The van der Waals surface area contributed by atoms with Gasteiger partial charge in [-0.05, 0) is 37.0 Å². The summed E-state index contributed by atoms with van der Waals surface area (Å²) in [6.07, 6.45) is 8.01. The molecule has 31 heavy (non-hydrogen) atoms. The number of imidazole rings is 1. The van der Waals surface area contributed by atoms with Crippen molar-refractivity contribution in [3.8, 4) is 22.9 Å². The van der Waals surface area contributed by atoms with Gasteiger partial charge in [0.05, 0.1) is 37.8 Å². The van der Waals surface area contributed by atoms with Crippen molar-refractivity contribution in [2.24, 2.45) is 13.0 Å². The molecule has 1 fully saturated rings. The van der Waals surface area contributed by atoms with Gasteiger partial charge in [-0.15, -0.1) is 0 Å². The molecular weight excluding hydrogens is 390 g/mol. The summed E-state index contributed by atoms with van der Waals surface area (Å²) in [5, 5.41) is 0. The van der Waals surface area contributed by atoms with Crippen molar-refractivity contribution in [2.75, 3.05) is 25.7 Å². The fraction of sp³-hybridized carbons (Fsp3) is 0.292. The van der Waals surface area contributed by atoms with Gasteiger partial charge in [-0.1, -0.05) is 0 Å². The van der Waals surface area contributed by atoms with E-state index in [1.807, 2.05) is 42.1 Å².